The number of rotatable bonds is 3. The Kier molecular flexibility index (Phi) is 4.01. The number of hydrogen-bond acceptors (Lipinski definition) is 7. The quantitative estimate of drug-likeness (QED) is 0.435. The maximum atomic E-state index is 13.3. The van der Waals surface area contributed by atoms with E-state index >= 15 is 0 Å². The molecule has 31 heavy (non-hydrogen) atoms. The highest BCUT2D eigenvalue weighted by atomic mass is 16.6. The predicted octanol–water partition coefficient (Wildman–Crippen LogP) is 3.62. The van der Waals surface area contributed by atoms with Crippen molar-refractivity contribution >= 4 is 28.0 Å². The molecule has 2 aromatic carbocycles. The highest BCUT2D eigenvalue weighted by Crippen LogP contribution is 2.47. The average molecular weight is 424 g/mol. The molecule has 7 heteroatoms. The van der Waals surface area contributed by atoms with Gasteiger partial charge < -0.3 is 29.2 Å². The molecule has 3 heterocycles. The van der Waals surface area contributed by atoms with Crippen LogP contribution in [0.4, 0.5) is 0 Å². The van der Waals surface area contributed by atoms with E-state index in [0.717, 1.165) is 0 Å². The van der Waals surface area contributed by atoms with Gasteiger partial charge in [-0.15, -0.1) is 0 Å². The summed E-state index contributed by atoms with van der Waals surface area (Å²) in [6, 6.07) is 4.23. The lowest BCUT2D eigenvalue weighted by molar-refractivity contribution is 0.128. The molecule has 0 radical (unpaired) electrons. The summed E-state index contributed by atoms with van der Waals surface area (Å²) in [7, 11) is 0. The summed E-state index contributed by atoms with van der Waals surface area (Å²) in [5.74, 6) is 0.0404. The van der Waals surface area contributed by atoms with Crippen molar-refractivity contribution in [2.24, 2.45) is 0 Å². The van der Waals surface area contributed by atoms with Crippen molar-refractivity contribution in [2.75, 3.05) is 0 Å². The molecular weight excluding hydrogens is 400 g/mol. The van der Waals surface area contributed by atoms with E-state index in [-0.39, 0.29) is 46.0 Å². The molecule has 5 rings (SSSR count). The lowest BCUT2D eigenvalue weighted by Crippen LogP contribution is -2.30. The van der Waals surface area contributed by atoms with Gasteiger partial charge in [0.15, 0.2) is 0 Å². The minimum atomic E-state index is -0.856. The molecule has 2 aliphatic rings. The van der Waals surface area contributed by atoms with Crippen LogP contribution in [0.1, 0.15) is 38.8 Å². The first kappa shape index (κ1) is 19.9. The van der Waals surface area contributed by atoms with Gasteiger partial charge in [-0.05, 0) is 58.0 Å². The first-order valence-corrected chi connectivity index (χ1v) is 10.2. The summed E-state index contributed by atoms with van der Waals surface area (Å²) < 4.78 is 17.8. The number of aliphatic hydroxyl groups excluding tert-OH is 1. The second-order valence-corrected chi connectivity index (χ2v) is 9.34. The van der Waals surface area contributed by atoms with Gasteiger partial charge >= 0.3 is 0 Å². The molecular formula is C24H24O7. The van der Waals surface area contributed by atoms with Crippen LogP contribution in [0.15, 0.2) is 33.5 Å². The summed E-state index contributed by atoms with van der Waals surface area (Å²) in [5.41, 5.74) is -0.281. The second-order valence-electron chi connectivity index (χ2n) is 9.34. The van der Waals surface area contributed by atoms with E-state index in [1.807, 2.05) is 27.7 Å². The molecule has 0 spiro atoms. The van der Waals surface area contributed by atoms with Gasteiger partial charge in [-0.2, -0.15) is 0 Å². The molecule has 1 aromatic heterocycles. The molecule has 7 nitrogen and oxygen atoms in total. The van der Waals surface area contributed by atoms with Crippen LogP contribution >= 0.6 is 0 Å². The van der Waals surface area contributed by atoms with Crippen LogP contribution in [-0.4, -0.2) is 38.7 Å². The van der Waals surface area contributed by atoms with Gasteiger partial charge in [0.1, 0.15) is 45.5 Å². The van der Waals surface area contributed by atoms with Crippen molar-refractivity contribution in [1.82, 2.24) is 0 Å². The fraction of sp³-hybridized carbons (Fsp3) is 0.375. The molecule has 1 unspecified atom stereocenters. The molecule has 3 N–H and O–H groups in total. The minimum Gasteiger partial charge on any atom is -0.508 e. The van der Waals surface area contributed by atoms with Crippen molar-refractivity contribution in [3.8, 4) is 17.2 Å². The smallest absolute Gasteiger partial charge is 0.204 e. The lowest BCUT2D eigenvalue weighted by atomic mass is 9.92. The van der Waals surface area contributed by atoms with Crippen molar-refractivity contribution in [2.45, 2.75) is 57.5 Å². The SMILES string of the molecule is CC1(C)C=Cc2c(c(CC(O)[C@@H]3OC3(C)C)c3oc4ccc(O)cc4c(=O)c3c2O)O1. The van der Waals surface area contributed by atoms with Gasteiger partial charge in [0.25, 0.3) is 0 Å². The van der Waals surface area contributed by atoms with Gasteiger partial charge in [0.2, 0.25) is 5.43 Å². The van der Waals surface area contributed by atoms with Gasteiger partial charge in [0, 0.05) is 12.0 Å². The fourth-order valence-corrected chi connectivity index (χ4v) is 4.31. The maximum absolute atomic E-state index is 13.3. The van der Waals surface area contributed by atoms with Crippen LogP contribution in [0.2, 0.25) is 0 Å². The number of ether oxygens (including phenoxy) is 2. The Hall–Kier alpha value is -3.03. The Labute approximate surface area is 178 Å². The van der Waals surface area contributed by atoms with E-state index in [0.29, 0.717) is 16.9 Å². The number of aliphatic hydroxyl groups is 1. The zero-order valence-corrected chi connectivity index (χ0v) is 17.7. The standard InChI is InChI=1S/C24H24O7/c1-23(2)8-7-12-18(27)17-19(28)13-9-11(25)5-6-16(13)29-21(17)14(20(12)30-23)10-15(26)22-24(3,4)31-22/h5-9,15,22,25-27H,10H2,1-4H3/t15?,22-/m0/s1. The van der Waals surface area contributed by atoms with Gasteiger partial charge in [-0.25, -0.2) is 0 Å². The van der Waals surface area contributed by atoms with Crippen molar-refractivity contribution in [3.05, 3.63) is 45.6 Å². The zero-order chi connectivity index (χ0) is 22.3. The minimum absolute atomic E-state index is 0.0111. The topological polar surface area (TPSA) is 113 Å². The third-order valence-electron chi connectivity index (χ3n) is 6.00. The Morgan fingerprint density at radius 1 is 1.16 bits per heavy atom. The summed E-state index contributed by atoms with van der Waals surface area (Å²) in [5, 5.41) is 31.8. The molecule has 0 saturated carbocycles. The van der Waals surface area contributed by atoms with Crippen LogP contribution in [0.5, 0.6) is 17.2 Å². The number of epoxide rings is 1. The molecule has 0 amide bonds. The molecule has 1 fully saturated rings. The Morgan fingerprint density at radius 2 is 1.87 bits per heavy atom. The van der Waals surface area contributed by atoms with E-state index in [1.54, 1.807) is 12.2 Å². The normalized spacial score (nSPS) is 21.6. The first-order chi connectivity index (χ1) is 14.5. The summed E-state index contributed by atoms with van der Waals surface area (Å²) >= 11 is 0. The van der Waals surface area contributed by atoms with Gasteiger partial charge in [0.05, 0.1) is 22.7 Å². The van der Waals surface area contributed by atoms with E-state index in [9.17, 15) is 20.1 Å². The van der Waals surface area contributed by atoms with Crippen LogP contribution in [-0.2, 0) is 11.2 Å². The third kappa shape index (κ3) is 3.07. The second kappa shape index (κ2) is 6.24. The van der Waals surface area contributed by atoms with Crippen LogP contribution in [0, 0.1) is 0 Å². The zero-order valence-electron chi connectivity index (χ0n) is 17.7. The van der Waals surface area contributed by atoms with Crippen molar-refractivity contribution in [1.29, 1.82) is 0 Å². The number of phenolic OH excluding ortho intramolecular Hbond substituents is 2. The van der Waals surface area contributed by atoms with Crippen molar-refractivity contribution in [3.63, 3.8) is 0 Å². The lowest BCUT2D eigenvalue weighted by Gasteiger charge is -2.30. The molecule has 1 saturated heterocycles. The third-order valence-corrected chi connectivity index (χ3v) is 6.00. The largest absolute Gasteiger partial charge is 0.508 e. The molecule has 3 aromatic rings. The number of phenols is 2. The highest BCUT2D eigenvalue weighted by Gasteiger charge is 2.52. The Morgan fingerprint density at radius 3 is 2.55 bits per heavy atom. The Balaban J connectivity index is 1.83. The molecule has 2 atom stereocenters. The molecule has 162 valence electrons. The van der Waals surface area contributed by atoms with Gasteiger partial charge in [-0.3, -0.25) is 4.79 Å². The Bertz CT molecular complexity index is 1330. The van der Waals surface area contributed by atoms with Crippen molar-refractivity contribution < 1.29 is 29.2 Å². The number of benzene rings is 2. The molecule has 2 aliphatic heterocycles. The number of hydrogen-bond donors (Lipinski definition) is 3. The van der Waals surface area contributed by atoms with Crippen LogP contribution < -0.4 is 10.2 Å². The van der Waals surface area contributed by atoms with Gasteiger partial charge in [-0.1, -0.05) is 0 Å². The monoisotopic (exact) mass is 424 g/mol. The molecule has 0 bridgehead atoms. The number of aromatic hydroxyl groups is 2. The fourth-order valence-electron chi connectivity index (χ4n) is 4.31. The highest BCUT2D eigenvalue weighted by molar-refractivity contribution is 5.99. The van der Waals surface area contributed by atoms with E-state index in [1.165, 1.54) is 18.2 Å². The average Bonchev–Trinajstić information content (AvgIpc) is 3.33. The van der Waals surface area contributed by atoms with E-state index in [4.69, 9.17) is 13.9 Å². The molecule has 0 aliphatic carbocycles. The van der Waals surface area contributed by atoms with E-state index < -0.39 is 22.7 Å². The van der Waals surface area contributed by atoms with Crippen LogP contribution in [0.25, 0.3) is 28.0 Å². The number of fused-ring (bicyclic) bond motifs is 3. The summed E-state index contributed by atoms with van der Waals surface area (Å²) in [6.45, 7) is 7.54. The predicted molar refractivity (Wildman–Crippen MR) is 116 cm³/mol. The first-order valence-electron chi connectivity index (χ1n) is 10.2. The summed E-state index contributed by atoms with van der Waals surface area (Å²) in [4.78, 5) is 13.3. The maximum Gasteiger partial charge on any atom is 0.204 e. The summed E-state index contributed by atoms with van der Waals surface area (Å²) in [6.07, 6.45) is 2.41. The van der Waals surface area contributed by atoms with Crippen LogP contribution in [0.3, 0.4) is 0 Å². The van der Waals surface area contributed by atoms with E-state index in [2.05, 4.69) is 0 Å².